The first-order chi connectivity index (χ1) is 10.1. The molecule has 5 nitrogen and oxygen atoms in total. The van der Waals surface area contributed by atoms with Gasteiger partial charge in [0, 0.05) is 23.2 Å². The maximum Gasteiger partial charge on any atom is 0.161 e. The molecule has 0 aromatic carbocycles. The van der Waals surface area contributed by atoms with Gasteiger partial charge in [0.1, 0.15) is 12.4 Å². The Kier molecular flexibility index (Phi) is 2.68. The Morgan fingerprint density at radius 2 is 2.33 bits per heavy atom. The van der Waals surface area contributed by atoms with Gasteiger partial charge in [-0.2, -0.15) is 0 Å². The van der Waals surface area contributed by atoms with Gasteiger partial charge in [-0.25, -0.2) is 4.98 Å². The third kappa shape index (κ3) is 1.90. The summed E-state index contributed by atoms with van der Waals surface area (Å²) in [5.41, 5.74) is 8.11. The number of hydrogen-bond donors (Lipinski definition) is 2. The van der Waals surface area contributed by atoms with Gasteiger partial charge in [-0.3, -0.25) is 5.32 Å². The highest BCUT2D eigenvalue weighted by molar-refractivity contribution is 7.16. The summed E-state index contributed by atoms with van der Waals surface area (Å²) < 4.78 is 6.01. The first-order valence-corrected chi connectivity index (χ1v) is 7.91. The Morgan fingerprint density at radius 3 is 3.14 bits per heavy atom. The molecule has 0 atom stereocenters. The maximum absolute atomic E-state index is 6.01. The molecule has 0 spiro atoms. The zero-order valence-electron chi connectivity index (χ0n) is 12.1. The van der Waals surface area contributed by atoms with Crippen molar-refractivity contribution in [3.8, 4) is 16.2 Å². The van der Waals surface area contributed by atoms with Crippen LogP contribution in [0, 0.1) is 0 Å². The van der Waals surface area contributed by atoms with Crippen molar-refractivity contribution in [3.63, 3.8) is 0 Å². The van der Waals surface area contributed by atoms with Crippen molar-refractivity contribution in [1.29, 1.82) is 0 Å². The molecule has 6 heteroatoms. The summed E-state index contributed by atoms with van der Waals surface area (Å²) in [5.74, 6) is 1.54. The number of pyridine rings is 1. The molecule has 2 aromatic rings. The number of aromatic nitrogens is 1. The predicted molar refractivity (Wildman–Crippen MR) is 85.7 cm³/mol. The van der Waals surface area contributed by atoms with E-state index in [0.717, 1.165) is 29.3 Å². The summed E-state index contributed by atoms with van der Waals surface area (Å²) in [6.07, 6.45) is 1.75. The van der Waals surface area contributed by atoms with Crippen LogP contribution in [-0.2, 0) is 6.54 Å². The number of nitrogens with one attached hydrogen (secondary N) is 1. The van der Waals surface area contributed by atoms with E-state index < -0.39 is 0 Å². The molecular weight excluding hydrogens is 284 g/mol. The number of hydrogen-bond acceptors (Lipinski definition) is 6. The van der Waals surface area contributed by atoms with Crippen molar-refractivity contribution in [2.75, 3.05) is 23.8 Å². The first-order valence-electron chi connectivity index (χ1n) is 7.09. The Labute approximate surface area is 127 Å². The van der Waals surface area contributed by atoms with Crippen LogP contribution < -0.4 is 20.7 Å². The van der Waals surface area contributed by atoms with E-state index in [0.29, 0.717) is 12.4 Å². The molecule has 4 heterocycles. The van der Waals surface area contributed by atoms with Crippen LogP contribution in [0.1, 0.15) is 18.7 Å². The lowest BCUT2D eigenvalue weighted by atomic mass is 10.1. The lowest BCUT2D eigenvalue weighted by molar-refractivity contribution is 0.260. The van der Waals surface area contributed by atoms with Gasteiger partial charge in [-0.15, -0.1) is 11.3 Å². The Hall–Kier alpha value is -1.79. The van der Waals surface area contributed by atoms with E-state index in [1.54, 1.807) is 17.5 Å². The molecule has 0 aliphatic carbocycles. The van der Waals surface area contributed by atoms with E-state index in [-0.39, 0.29) is 5.66 Å². The van der Waals surface area contributed by atoms with E-state index in [1.807, 2.05) is 12.1 Å². The van der Waals surface area contributed by atoms with Crippen molar-refractivity contribution < 1.29 is 4.74 Å². The predicted octanol–water partition coefficient (Wildman–Crippen LogP) is 2.43. The quantitative estimate of drug-likeness (QED) is 0.847. The summed E-state index contributed by atoms with van der Waals surface area (Å²) in [4.78, 5) is 8.96. The van der Waals surface area contributed by atoms with Crippen LogP contribution >= 0.6 is 11.3 Å². The van der Waals surface area contributed by atoms with Crippen molar-refractivity contribution in [1.82, 2.24) is 10.3 Å². The lowest BCUT2D eigenvalue weighted by Gasteiger charge is -2.46. The van der Waals surface area contributed by atoms with Crippen LogP contribution in [0.15, 0.2) is 18.3 Å². The van der Waals surface area contributed by atoms with Crippen LogP contribution in [0.25, 0.3) is 10.4 Å². The molecule has 0 saturated heterocycles. The number of anilines is 2. The molecule has 0 amide bonds. The van der Waals surface area contributed by atoms with Crippen LogP contribution in [0.5, 0.6) is 5.75 Å². The highest BCUT2D eigenvalue weighted by atomic mass is 32.1. The van der Waals surface area contributed by atoms with Gasteiger partial charge in [0.15, 0.2) is 5.75 Å². The third-order valence-corrected chi connectivity index (χ3v) is 5.35. The number of rotatable bonds is 1. The fourth-order valence-corrected chi connectivity index (χ4v) is 4.24. The summed E-state index contributed by atoms with van der Waals surface area (Å²) in [5, 5.41) is 3.60. The van der Waals surface area contributed by atoms with Crippen LogP contribution in [-0.4, -0.2) is 23.8 Å². The van der Waals surface area contributed by atoms with Crippen molar-refractivity contribution >= 4 is 22.8 Å². The Morgan fingerprint density at radius 1 is 1.48 bits per heavy atom. The zero-order valence-corrected chi connectivity index (χ0v) is 13.0. The second-order valence-electron chi connectivity index (χ2n) is 5.91. The number of nitrogen functional groups attached to an aromatic ring is 1. The van der Waals surface area contributed by atoms with E-state index >= 15 is 0 Å². The lowest BCUT2D eigenvalue weighted by Crippen LogP contribution is -2.59. The van der Waals surface area contributed by atoms with Crippen LogP contribution in [0.2, 0.25) is 0 Å². The average molecular weight is 302 g/mol. The number of thiophene rings is 1. The molecule has 0 fully saturated rings. The van der Waals surface area contributed by atoms with Crippen molar-refractivity contribution in [3.05, 3.63) is 23.2 Å². The van der Waals surface area contributed by atoms with E-state index in [4.69, 9.17) is 10.5 Å². The third-order valence-electron chi connectivity index (χ3n) is 4.14. The molecule has 4 rings (SSSR count). The largest absolute Gasteiger partial charge is 0.488 e. The van der Waals surface area contributed by atoms with Crippen molar-refractivity contribution in [2.45, 2.75) is 26.1 Å². The fraction of sp³-hybridized carbons (Fsp3) is 0.400. The van der Waals surface area contributed by atoms with E-state index in [2.05, 4.69) is 29.0 Å². The Balaban J connectivity index is 1.90. The molecule has 21 heavy (non-hydrogen) atoms. The first kappa shape index (κ1) is 12.9. The topological polar surface area (TPSA) is 63.4 Å². The molecule has 3 N–H and O–H groups in total. The molecule has 0 saturated carbocycles. The summed E-state index contributed by atoms with van der Waals surface area (Å²) >= 11 is 1.78. The number of nitrogens with two attached hydrogens (primary N) is 1. The molecule has 2 aliphatic heterocycles. The monoisotopic (exact) mass is 302 g/mol. The number of ether oxygens (including phenoxy) is 1. The SMILES string of the molecule is CC1(C)NCc2sc(-c3ccnc(N)c3)c3c2N1CCO3. The second kappa shape index (κ2) is 4.35. The smallest absolute Gasteiger partial charge is 0.161 e. The molecule has 2 aromatic heterocycles. The Bertz CT molecular complexity index is 710. The molecular formula is C15H18N4OS. The standard InChI is InChI=1S/C15H18N4OS/c1-15(2)18-8-10-12-13(20-6-5-19(12)15)14(21-10)9-3-4-17-11(16)7-9/h3-4,7,18H,5-6,8H2,1-2H3,(H2,16,17). The number of nitrogens with zero attached hydrogens (tertiary/aromatic N) is 2. The molecule has 110 valence electrons. The van der Waals surface area contributed by atoms with Gasteiger partial charge in [0.25, 0.3) is 0 Å². The normalized spacial score (nSPS) is 19.0. The highest BCUT2D eigenvalue weighted by Crippen LogP contribution is 2.52. The molecule has 0 bridgehead atoms. The summed E-state index contributed by atoms with van der Waals surface area (Å²) in [6.45, 7) is 6.93. The van der Waals surface area contributed by atoms with Gasteiger partial charge >= 0.3 is 0 Å². The van der Waals surface area contributed by atoms with E-state index in [1.165, 1.54) is 10.6 Å². The maximum atomic E-state index is 6.01. The summed E-state index contributed by atoms with van der Waals surface area (Å²) in [6, 6.07) is 3.90. The van der Waals surface area contributed by atoms with Crippen LogP contribution in [0.4, 0.5) is 11.5 Å². The van der Waals surface area contributed by atoms with Crippen molar-refractivity contribution in [2.24, 2.45) is 0 Å². The zero-order chi connectivity index (χ0) is 14.6. The highest BCUT2D eigenvalue weighted by Gasteiger charge is 2.39. The minimum Gasteiger partial charge on any atom is -0.488 e. The van der Waals surface area contributed by atoms with E-state index in [9.17, 15) is 0 Å². The van der Waals surface area contributed by atoms with Gasteiger partial charge < -0.3 is 15.4 Å². The van der Waals surface area contributed by atoms with Crippen LogP contribution in [0.3, 0.4) is 0 Å². The molecule has 0 radical (unpaired) electrons. The van der Waals surface area contributed by atoms with Gasteiger partial charge in [-0.1, -0.05) is 0 Å². The molecule has 2 aliphatic rings. The minimum atomic E-state index is -0.0405. The van der Waals surface area contributed by atoms with Gasteiger partial charge in [0.05, 0.1) is 22.8 Å². The molecule has 0 unspecified atom stereocenters. The minimum absolute atomic E-state index is 0.0405. The van der Waals surface area contributed by atoms with Gasteiger partial charge in [0.2, 0.25) is 0 Å². The second-order valence-corrected chi connectivity index (χ2v) is 7.02. The van der Waals surface area contributed by atoms with Gasteiger partial charge in [-0.05, 0) is 26.0 Å². The summed E-state index contributed by atoms with van der Waals surface area (Å²) in [7, 11) is 0. The fourth-order valence-electron chi connectivity index (χ4n) is 3.06. The average Bonchev–Trinajstić information content (AvgIpc) is 2.83.